The van der Waals surface area contributed by atoms with Crippen LogP contribution in [0.2, 0.25) is 0 Å². The van der Waals surface area contributed by atoms with Crippen molar-refractivity contribution in [3.05, 3.63) is 63.1 Å². The summed E-state index contributed by atoms with van der Waals surface area (Å²) in [6.07, 6.45) is 2.79. The first-order valence-corrected chi connectivity index (χ1v) is 6.65. The Morgan fingerprint density at radius 3 is 2.32 bits per heavy atom. The Morgan fingerprint density at radius 2 is 1.79 bits per heavy atom. The van der Waals surface area contributed by atoms with E-state index in [9.17, 15) is 4.39 Å². The van der Waals surface area contributed by atoms with Crippen LogP contribution in [0.4, 0.5) is 4.39 Å². The van der Waals surface area contributed by atoms with Crippen molar-refractivity contribution < 1.29 is 4.39 Å². The van der Waals surface area contributed by atoms with Crippen LogP contribution in [0.5, 0.6) is 0 Å². The van der Waals surface area contributed by atoms with Gasteiger partial charge in [0.2, 0.25) is 0 Å². The zero-order chi connectivity index (χ0) is 14.0. The van der Waals surface area contributed by atoms with Crippen LogP contribution in [0, 0.1) is 19.7 Å². The molecule has 1 aromatic heterocycles. The number of nitrogens with one attached hydrogen (secondary N) is 1. The third kappa shape index (κ3) is 3.00. The molecule has 0 aliphatic carbocycles. The van der Waals surface area contributed by atoms with Crippen molar-refractivity contribution in [2.75, 3.05) is 0 Å². The van der Waals surface area contributed by atoms with Crippen LogP contribution in [0.3, 0.4) is 0 Å². The van der Waals surface area contributed by atoms with Crippen molar-refractivity contribution in [1.82, 2.24) is 10.4 Å². The maximum atomic E-state index is 13.3. The minimum absolute atomic E-state index is 0.284. The number of nitrogens with two attached hydrogens (primary N) is 1. The number of aryl methyl sites for hydroxylation is 2. The third-order valence-corrected chi connectivity index (χ3v) is 4.27. The Bertz CT molecular complexity index is 578. The predicted molar refractivity (Wildman–Crippen MR) is 77.0 cm³/mol. The van der Waals surface area contributed by atoms with Gasteiger partial charge in [-0.15, -0.1) is 0 Å². The number of hydrogen-bond donors (Lipinski definition) is 2. The fourth-order valence-corrected chi connectivity index (χ4v) is 2.35. The normalized spacial score (nSPS) is 12.5. The Labute approximate surface area is 120 Å². The number of hydrazine groups is 1. The van der Waals surface area contributed by atoms with E-state index in [1.165, 1.54) is 12.3 Å². The molecule has 2 aromatic rings. The van der Waals surface area contributed by atoms with Gasteiger partial charge in [-0.05, 0) is 42.2 Å². The molecule has 0 saturated heterocycles. The van der Waals surface area contributed by atoms with Crippen molar-refractivity contribution in [3.63, 3.8) is 0 Å². The Balaban J connectivity index is 2.48. The van der Waals surface area contributed by atoms with Crippen LogP contribution in [-0.4, -0.2) is 4.98 Å². The summed E-state index contributed by atoms with van der Waals surface area (Å²) in [4.78, 5) is 3.86. The minimum atomic E-state index is -0.372. The smallest absolute Gasteiger partial charge is 0.141 e. The second-order valence-corrected chi connectivity index (χ2v) is 5.30. The van der Waals surface area contributed by atoms with Gasteiger partial charge in [0.25, 0.3) is 0 Å². The molecule has 1 unspecified atom stereocenters. The SMILES string of the molecule is Cc1cc(C(NN)c2cncc(F)c2)cc(C)c1Br. The van der Waals surface area contributed by atoms with Gasteiger partial charge in [-0.1, -0.05) is 28.1 Å². The molecule has 0 saturated carbocycles. The highest BCUT2D eigenvalue weighted by Crippen LogP contribution is 2.28. The summed E-state index contributed by atoms with van der Waals surface area (Å²) in [6.45, 7) is 4.02. The Morgan fingerprint density at radius 1 is 1.16 bits per heavy atom. The molecule has 3 N–H and O–H groups in total. The van der Waals surface area contributed by atoms with Crippen LogP contribution in [-0.2, 0) is 0 Å². The fraction of sp³-hybridized carbons (Fsp3) is 0.214. The summed E-state index contributed by atoms with van der Waals surface area (Å²) in [5.74, 6) is 5.24. The van der Waals surface area contributed by atoms with Crippen LogP contribution >= 0.6 is 15.9 Å². The minimum Gasteiger partial charge on any atom is -0.271 e. The maximum Gasteiger partial charge on any atom is 0.141 e. The molecule has 0 aliphatic heterocycles. The Kier molecular flexibility index (Phi) is 4.29. The highest BCUT2D eigenvalue weighted by Gasteiger charge is 2.15. The molecule has 2 rings (SSSR count). The average Bonchev–Trinajstić information content (AvgIpc) is 2.37. The molecule has 0 bridgehead atoms. The lowest BCUT2D eigenvalue weighted by atomic mass is 9.97. The van der Waals surface area contributed by atoms with Crippen molar-refractivity contribution >= 4 is 15.9 Å². The molecule has 100 valence electrons. The lowest BCUT2D eigenvalue weighted by molar-refractivity contribution is 0.597. The number of hydrogen-bond acceptors (Lipinski definition) is 3. The summed E-state index contributed by atoms with van der Waals surface area (Å²) in [5, 5.41) is 0. The summed E-state index contributed by atoms with van der Waals surface area (Å²) in [6, 6.07) is 5.19. The first kappa shape index (κ1) is 14.1. The number of rotatable bonds is 3. The molecule has 0 radical (unpaired) electrons. The van der Waals surface area contributed by atoms with Gasteiger partial charge in [-0.2, -0.15) is 0 Å². The van der Waals surface area contributed by atoms with Crippen molar-refractivity contribution in [1.29, 1.82) is 0 Å². The van der Waals surface area contributed by atoms with Gasteiger partial charge in [-0.25, -0.2) is 9.82 Å². The summed E-state index contributed by atoms with van der Waals surface area (Å²) >= 11 is 3.53. The van der Waals surface area contributed by atoms with Crippen LogP contribution in [0.1, 0.15) is 28.3 Å². The fourth-order valence-electron chi connectivity index (χ4n) is 2.12. The average molecular weight is 324 g/mol. The van der Waals surface area contributed by atoms with E-state index >= 15 is 0 Å². The predicted octanol–water partition coefficient (Wildman–Crippen LogP) is 3.15. The third-order valence-electron chi connectivity index (χ3n) is 3.02. The maximum absolute atomic E-state index is 13.3. The molecular weight excluding hydrogens is 309 g/mol. The lowest BCUT2D eigenvalue weighted by Crippen LogP contribution is -2.29. The van der Waals surface area contributed by atoms with E-state index < -0.39 is 0 Å². The number of pyridine rings is 1. The summed E-state index contributed by atoms with van der Waals surface area (Å²) in [7, 11) is 0. The van der Waals surface area contributed by atoms with Crippen LogP contribution in [0.25, 0.3) is 0 Å². The number of aromatic nitrogens is 1. The van der Waals surface area contributed by atoms with E-state index in [1.807, 2.05) is 26.0 Å². The highest BCUT2D eigenvalue weighted by molar-refractivity contribution is 9.10. The second kappa shape index (κ2) is 5.77. The highest BCUT2D eigenvalue weighted by atomic mass is 79.9. The van der Waals surface area contributed by atoms with Crippen molar-refractivity contribution in [3.8, 4) is 0 Å². The first-order valence-electron chi connectivity index (χ1n) is 5.86. The molecule has 5 heteroatoms. The zero-order valence-corrected chi connectivity index (χ0v) is 12.3. The molecule has 0 spiro atoms. The van der Waals surface area contributed by atoms with E-state index in [0.717, 1.165) is 21.2 Å². The summed E-state index contributed by atoms with van der Waals surface area (Å²) < 4.78 is 14.3. The molecule has 1 atom stereocenters. The van der Waals surface area contributed by atoms with Gasteiger partial charge in [0, 0.05) is 10.7 Å². The molecule has 0 fully saturated rings. The van der Waals surface area contributed by atoms with E-state index in [4.69, 9.17) is 5.84 Å². The number of halogens is 2. The van der Waals surface area contributed by atoms with E-state index in [1.54, 1.807) is 6.20 Å². The molecule has 1 heterocycles. The second-order valence-electron chi connectivity index (χ2n) is 4.50. The van der Waals surface area contributed by atoms with Gasteiger partial charge in [0.05, 0.1) is 12.2 Å². The largest absolute Gasteiger partial charge is 0.271 e. The van der Waals surface area contributed by atoms with Gasteiger partial charge in [0.15, 0.2) is 0 Å². The first-order chi connectivity index (χ1) is 9.02. The van der Waals surface area contributed by atoms with Crippen molar-refractivity contribution in [2.24, 2.45) is 5.84 Å². The summed E-state index contributed by atoms with van der Waals surface area (Å²) in [5.41, 5.74) is 6.61. The van der Waals surface area contributed by atoms with E-state index in [-0.39, 0.29) is 11.9 Å². The van der Waals surface area contributed by atoms with E-state index in [0.29, 0.717) is 5.56 Å². The molecule has 0 amide bonds. The Hall–Kier alpha value is -1.30. The quantitative estimate of drug-likeness (QED) is 0.674. The van der Waals surface area contributed by atoms with Crippen LogP contribution in [0.15, 0.2) is 35.1 Å². The monoisotopic (exact) mass is 323 g/mol. The molecular formula is C14H15BrFN3. The van der Waals surface area contributed by atoms with Gasteiger partial charge in [0.1, 0.15) is 5.82 Å². The van der Waals surface area contributed by atoms with E-state index in [2.05, 4.69) is 26.3 Å². The molecule has 3 nitrogen and oxygen atoms in total. The van der Waals surface area contributed by atoms with Gasteiger partial charge < -0.3 is 0 Å². The molecule has 19 heavy (non-hydrogen) atoms. The molecule has 1 aromatic carbocycles. The van der Waals surface area contributed by atoms with Crippen molar-refractivity contribution in [2.45, 2.75) is 19.9 Å². The number of nitrogens with zero attached hydrogens (tertiary/aromatic N) is 1. The van der Waals surface area contributed by atoms with Gasteiger partial charge >= 0.3 is 0 Å². The zero-order valence-electron chi connectivity index (χ0n) is 10.7. The van der Waals surface area contributed by atoms with Crippen LogP contribution < -0.4 is 11.3 Å². The number of benzene rings is 1. The molecule has 0 aliphatic rings. The van der Waals surface area contributed by atoms with Gasteiger partial charge in [-0.3, -0.25) is 10.8 Å². The lowest BCUT2D eigenvalue weighted by Gasteiger charge is -2.18. The topological polar surface area (TPSA) is 50.9 Å². The standard InChI is InChI=1S/C14H15BrFN3/c1-8-3-10(4-9(2)13(8)15)14(19-17)11-5-12(16)7-18-6-11/h3-7,14,19H,17H2,1-2H3.